The molecule has 2 aromatic rings. The quantitative estimate of drug-likeness (QED) is 0.874. The molecule has 0 spiro atoms. The molecule has 20 heavy (non-hydrogen) atoms. The highest BCUT2D eigenvalue weighted by atomic mass is 79.9. The molecule has 106 valence electrons. The number of aliphatic hydroxyl groups excluding tert-OH is 1. The largest absolute Gasteiger partial charge is 0.386 e. The van der Waals surface area contributed by atoms with Gasteiger partial charge < -0.3 is 10.4 Å². The van der Waals surface area contributed by atoms with Gasteiger partial charge in [-0.1, -0.05) is 18.2 Å². The molecule has 0 aliphatic carbocycles. The zero-order chi connectivity index (χ0) is 14.7. The van der Waals surface area contributed by atoms with E-state index in [-0.39, 0.29) is 17.9 Å². The number of benzene rings is 2. The molecule has 1 unspecified atom stereocenters. The molecule has 0 aliphatic heterocycles. The highest BCUT2D eigenvalue weighted by molar-refractivity contribution is 9.10. The Morgan fingerprint density at radius 2 is 1.90 bits per heavy atom. The molecule has 0 saturated heterocycles. The van der Waals surface area contributed by atoms with E-state index in [2.05, 4.69) is 21.2 Å². The van der Waals surface area contributed by atoms with Gasteiger partial charge in [-0.25, -0.2) is 8.78 Å². The van der Waals surface area contributed by atoms with E-state index in [9.17, 15) is 13.9 Å². The molecule has 0 saturated carbocycles. The summed E-state index contributed by atoms with van der Waals surface area (Å²) in [5, 5.41) is 13.0. The minimum Gasteiger partial charge on any atom is -0.386 e. The second-order valence-electron chi connectivity index (χ2n) is 4.50. The number of hydrogen-bond acceptors (Lipinski definition) is 2. The summed E-state index contributed by atoms with van der Waals surface area (Å²) in [6.45, 7) is 1.90. The average molecular weight is 342 g/mol. The molecule has 0 bridgehead atoms. The molecule has 0 aliphatic rings. The molecule has 2 N–H and O–H groups in total. The fourth-order valence-electron chi connectivity index (χ4n) is 1.90. The van der Waals surface area contributed by atoms with Crippen molar-refractivity contribution in [3.63, 3.8) is 0 Å². The van der Waals surface area contributed by atoms with Crippen LogP contribution in [0.5, 0.6) is 0 Å². The van der Waals surface area contributed by atoms with Crippen molar-refractivity contribution in [3.05, 3.63) is 63.6 Å². The molecule has 0 fully saturated rings. The number of hydrogen-bond donors (Lipinski definition) is 2. The molecule has 0 aromatic heterocycles. The van der Waals surface area contributed by atoms with Crippen molar-refractivity contribution >= 4 is 21.6 Å². The van der Waals surface area contributed by atoms with E-state index in [0.29, 0.717) is 15.7 Å². The Balaban J connectivity index is 2.09. The van der Waals surface area contributed by atoms with Crippen LogP contribution >= 0.6 is 15.9 Å². The third-order valence-corrected chi connectivity index (χ3v) is 3.63. The maximum atomic E-state index is 13.5. The maximum Gasteiger partial charge on any atom is 0.137 e. The Morgan fingerprint density at radius 3 is 2.60 bits per heavy atom. The zero-order valence-corrected chi connectivity index (χ0v) is 12.4. The van der Waals surface area contributed by atoms with E-state index in [1.165, 1.54) is 18.2 Å². The topological polar surface area (TPSA) is 32.3 Å². The smallest absolute Gasteiger partial charge is 0.137 e. The molecular weight excluding hydrogens is 328 g/mol. The van der Waals surface area contributed by atoms with Crippen molar-refractivity contribution in [2.45, 2.75) is 13.0 Å². The standard InChI is InChI=1S/C15H14BrF2NO/c1-9-6-13(18)11(16)7-14(9)19-8-15(20)10-4-2-3-5-12(10)17/h2-7,15,19-20H,8H2,1H3. The van der Waals surface area contributed by atoms with E-state index < -0.39 is 11.9 Å². The second-order valence-corrected chi connectivity index (χ2v) is 5.35. The Bertz CT molecular complexity index is 619. The lowest BCUT2D eigenvalue weighted by Crippen LogP contribution is -2.14. The normalized spacial score (nSPS) is 12.2. The number of aryl methyl sites for hydroxylation is 1. The second kappa shape index (κ2) is 6.33. The summed E-state index contributed by atoms with van der Waals surface area (Å²) in [5.74, 6) is -0.790. The van der Waals surface area contributed by atoms with Gasteiger partial charge in [0.05, 0.1) is 10.6 Å². The molecule has 5 heteroatoms. The predicted octanol–water partition coefficient (Wildman–Crippen LogP) is 4.18. The lowest BCUT2D eigenvalue weighted by atomic mass is 10.1. The van der Waals surface area contributed by atoms with Crippen molar-refractivity contribution in [3.8, 4) is 0 Å². The Hall–Kier alpha value is -1.46. The third-order valence-electron chi connectivity index (χ3n) is 3.02. The molecule has 2 nitrogen and oxygen atoms in total. The first kappa shape index (κ1) is 14.9. The summed E-state index contributed by atoms with van der Waals surface area (Å²) in [4.78, 5) is 0. The van der Waals surface area contributed by atoms with Gasteiger partial charge in [0.15, 0.2) is 0 Å². The van der Waals surface area contributed by atoms with Crippen LogP contribution in [-0.2, 0) is 0 Å². The minimum absolute atomic E-state index is 0.139. The van der Waals surface area contributed by atoms with Crippen LogP contribution in [0.2, 0.25) is 0 Å². The van der Waals surface area contributed by atoms with Crippen LogP contribution in [0.4, 0.5) is 14.5 Å². The summed E-state index contributed by atoms with van der Waals surface area (Å²) in [6, 6.07) is 9.07. The van der Waals surface area contributed by atoms with E-state index in [0.717, 1.165) is 0 Å². The summed E-state index contributed by atoms with van der Waals surface area (Å²) in [6.07, 6.45) is -0.973. The minimum atomic E-state index is -0.973. The van der Waals surface area contributed by atoms with Gasteiger partial charge in [-0.15, -0.1) is 0 Å². The van der Waals surface area contributed by atoms with Gasteiger partial charge in [0.25, 0.3) is 0 Å². The first-order valence-corrected chi connectivity index (χ1v) is 6.90. The van der Waals surface area contributed by atoms with Crippen LogP contribution in [0, 0.1) is 18.6 Å². The van der Waals surface area contributed by atoms with Crippen molar-refractivity contribution < 1.29 is 13.9 Å². The van der Waals surface area contributed by atoms with Gasteiger partial charge in [-0.05, 0) is 46.6 Å². The van der Waals surface area contributed by atoms with Gasteiger partial charge in [0.1, 0.15) is 11.6 Å². The summed E-state index contributed by atoms with van der Waals surface area (Å²) in [5.41, 5.74) is 1.64. The van der Waals surface area contributed by atoms with Crippen molar-refractivity contribution in [2.75, 3.05) is 11.9 Å². The average Bonchev–Trinajstić information content (AvgIpc) is 2.41. The summed E-state index contributed by atoms with van der Waals surface area (Å²) in [7, 11) is 0. The van der Waals surface area contributed by atoms with Crippen LogP contribution in [-0.4, -0.2) is 11.7 Å². The van der Waals surface area contributed by atoms with E-state index in [1.54, 1.807) is 25.1 Å². The first-order chi connectivity index (χ1) is 9.49. The Labute approximate surface area is 124 Å². The fraction of sp³-hybridized carbons (Fsp3) is 0.200. The highest BCUT2D eigenvalue weighted by Crippen LogP contribution is 2.25. The molecule has 0 heterocycles. The maximum absolute atomic E-state index is 13.5. The SMILES string of the molecule is Cc1cc(F)c(Br)cc1NCC(O)c1ccccc1F. The summed E-state index contributed by atoms with van der Waals surface area (Å²) >= 11 is 3.11. The van der Waals surface area contributed by atoms with Crippen molar-refractivity contribution in [1.29, 1.82) is 0 Å². The van der Waals surface area contributed by atoms with Crippen LogP contribution in [0.1, 0.15) is 17.2 Å². The molecule has 2 rings (SSSR count). The fourth-order valence-corrected chi connectivity index (χ4v) is 2.24. The Kier molecular flexibility index (Phi) is 4.73. The number of anilines is 1. The lowest BCUT2D eigenvalue weighted by Gasteiger charge is -2.15. The van der Waals surface area contributed by atoms with Gasteiger partial charge >= 0.3 is 0 Å². The predicted molar refractivity (Wildman–Crippen MR) is 78.7 cm³/mol. The lowest BCUT2D eigenvalue weighted by molar-refractivity contribution is 0.186. The van der Waals surface area contributed by atoms with Crippen LogP contribution < -0.4 is 5.32 Å². The molecule has 0 amide bonds. The number of aliphatic hydroxyl groups is 1. The van der Waals surface area contributed by atoms with E-state index in [4.69, 9.17) is 0 Å². The van der Waals surface area contributed by atoms with Crippen molar-refractivity contribution in [2.24, 2.45) is 0 Å². The first-order valence-electron chi connectivity index (χ1n) is 6.11. The van der Waals surface area contributed by atoms with E-state index >= 15 is 0 Å². The molecule has 0 radical (unpaired) electrons. The van der Waals surface area contributed by atoms with Gasteiger partial charge in [-0.2, -0.15) is 0 Å². The number of rotatable bonds is 4. The molecule has 2 aromatic carbocycles. The van der Waals surface area contributed by atoms with Gasteiger partial charge in [0.2, 0.25) is 0 Å². The summed E-state index contributed by atoms with van der Waals surface area (Å²) < 4.78 is 27.2. The van der Waals surface area contributed by atoms with Crippen LogP contribution in [0.3, 0.4) is 0 Å². The molecular formula is C15H14BrF2NO. The Morgan fingerprint density at radius 1 is 1.20 bits per heavy atom. The van der Waals surface area contributed by atoms with Crippen molar-refractivity contribution in [1.82, 2.24) is 0 Å². The number of halogens is 3. The zero-order valence-electron chi connectivity index (χ0n) is 10.8. The van der Waals surface area contributed by atoms with Gasteiger partial charge in [0, 0.05) is 17.8 Å². The molecule has 1 atom stereocenters. The van der Waals surface area contributed by atoms with Crippen LogP contribution in [0.25, 0.3) is 0 Å². The number of nitrogens with one attached hydrogen (secondary N) is 1. The van der Waals surface area contributed by atoms with Gasteiger partial charge in [-0.3, -0.25) is 0 Å². The monoisotopic (exact) mass is 341 g/mol. The van der Waals surface area contributed by atoms with E-state index in [1.807, 2.05) is 0 Å². The van der Waals surface area contributed by atoms with Crippen LogP contribution in [0.15, 0.2) is 40.9 Å². The highest BCUT2D eigenvalue weighted by Gasteiger charge is 2.13. The third kappa shape index (κ3) is 3.35.